The summed E-state index contributed by atoms with van der Waals surface area (Å²) in [6.07, 6.45) is 2.95. The number of aromatic nitrogens is 2. The lowest BCUT2D eigenvalue weighted by Crippen LogP contribution is -2.51. The van der Waals surface area contributed by atoms with Crippen molar-refractivity contribution in [2.24, 2.45) is 5.92 Å². The molecule has 1 aromatic carbocycles. The Morgan fingerprint density at radius 1 is 1.37 bits per heavy atom. The average molecular weight is 432 g/mol. The molecule has 2 heterocycles. The number of H-pyrrole nitrogens is 1. The molecule has 9 nitrogen and oxygen atoms in total. The van der Waals surface area contributed by atoms with Crippen molar-refractivity contribution < 1.29 is 19.1 Å². The van der Waals surface area contributed by atoms with Crippen LogP contribution in [0.2, 0.25) is 0 Å². The van der Waals surface area contributed by atoms with Gasteiger partial charge in [0, 0.05) is 6.07 Å². The Morgan fingerprint density at radius 2 is 2.13 bits per heavy atom. The molecule has 4 amide bonds. The van der Waals surface area contributed by atoms with Crippen LogP contribution in [0, 0.1) is 5.92 Å². The largest absolute Gasteiger partial charge is 0.494 e. The fraction of sp³-hybridized carbons (Fsp3) is 0.500. The minimum atomic E-state index is -0.874. The smallest absolute Gasteiger partial charge is 0.344 e. The highest BCUT2D eigenvalue weighted by molar-refractivity contribution is 7.99. The third-order valence-electron chi connectivity index (χ3n) is 5.61. The first-order chi connectivity index (χ1) is 14.4. The van der Waals surface area contributed by atoms with Crippen LogP contribution in [0.4, 0.5) is 4.79 Å². The van der Waals surface area contributed by atoms with Crippen LogP contribution >= 0.6 is 11.8 Å². The highest BCUT2D eigenvalue weighted by Gasteiger charge is 2.52. The van der Waals surface area contributed by atoms with Crippen LogP contribution in [-0.4, -0.2) is 50.7 Å². The summed E-state index contributed by atoms with van der Waals surface area (Å²) in [5.74, 6) is 0.477. The second-order valence-electron chi connectivity index (χ2n) is 7.81. The van der Waals surface area contributed by atoms with Crippen LogP contribution in [0.3, 0.4) is 0 Å². The lowest BCUT2D eigenvalue weighted by atomic mass is 9.77. The van der Waals surface area contributed by atoms with Crippen molar-refractivity contribution in [3.05, 3.63) is 18.2 Å². The molecule has 10 heteroatoms. The zero-order valence-corrected chi connectivity index (χ0v) is 17.8. The fourth-order valence-corrected chi connectivity index (χ4v) is 4.57. The second-order valence-corrected chi connectivity index (χ2v) is 8.78. The van der Waals surface area contributed by atoms with Crippen LogP contribution in [-0.2, 0) is 9.59 Å². The van der Waals surface area contributed by atoms with Gasteiger partial charge in [-0.3, -0.25) is 15.0 Å². The van der Waals surface area contributed by atoms with Crippen LogP contribution < -0.4 is 15.5 Å². The van der Waals surface area contributed by atoms with Crippen molar-refractivity contribution in [1.82, 2.24) is 25.7 Å². The van der Waals surface area contributed by atoms with Gasteiger partial charge < -0.3 is 15.0 Å². The minimum absolute atomic E-state index is 0.0131. The summed E-state index contributed by atoms with van der Waals surface area (Å²) < 4.78 is 5.48. The maximum absolute atomic E-state index is 12.8. The van der Waals surface area contributed by atoms with Crippen molar-refractivity contribution in [3.8, 4) is 5.75 Å². The molecular weight excluding hydrogens is 406 g/mol. The van der Waals surface area contributed by atoms with Crippen LogP contribution in [0.1, 0.15) is 39.5 Å². The number of benzene rings is 1. The summed E-state index contributed by atoms with van der Waals surface area (Å²) in [7, 11) is 0. The van der Waals surface area contributed by atoms with Crippen molar-refractivity contribution in [2.75, 3.05) is 12.4 Å². The molecular formula is C20H25N5O4S. The Kier molecular flexibility index (Phi) is 5.59. The Hall–Kier alpha value is -2.75. The lowest BCUT2D eigenvalue weighted by molar-refractivity contribution is -0.139. The van der Waals surface area contributed by atoms with Gasteiger partial charge in [-0.2, -0.15) is 5.01 Å². The Bertz CT molecular complexity index is 983. The normalized spacial score (nSPS) is 23.8. The molecule has 2 fully saturated rings. The van der Waals surface area contributed by atoms with Gasteiger partial charge in [0.1, 0.15) is 11.3 Å². The number of hydrazine groups is 1. The molecule has 0 atom stereocenters. The summed E-state index contributed by atoms with van der Waals surface area (Å²) in [6, 6.07) is 4.97. The van der Waals surface area contributed by atoms with Crippen LogP contribution in [0.25, 0.3) is 11.0 Å². The molecule has 160 valence electrons. The summed E-state index contributed by atoms with van der Waals surface area (Å²) in [5.41, 5.74) is 3.15. The molecule has 3 N–H and O–H groups in total. The van der Waals surface area contributed by atoms with Gasteiger partial charge in [-0.15, -0.1) is 0 Å². The van der Waals surface area contributed by atoms with E-state index in [1.807, 2.05) is 25.1 Å². The number of thioether (sulfide) groups is 1. The molecule has 1 spiro atoms. The summed E-state index contributed by atoms with van der Waals surface area (Å²) in [5, 5.41) is 4.19. The van der Waals surface area contributed by atoms with E-state index in [2.05, 4.69) is 27.6 Å². The SMILES string of the molecule is CCOc1ccc2nc(SCC(=O)NN3C(=O)NC4(CCC(C)CC4)C3=O)[nH]c2c1. The number of aromatic amines is 1. The molecule has 30 heavy (non-hydrogen) atoms. The number of nitrogens with one attached hydrogen (secondary N) is 3. The zero-order chi connectivity index (χ0) is 21.3. The van der Waals surface area contributed by atoms with E-state index < -0.39 is 17.5 Å². The zero-order valence-electron chi connectivity index (χ0n) is 17.0. The van der Waals surface area contributed by atoms with Gasteiger partial charge in [-0.25, -0.2) is 9.78 Å². The maximum atomic E-state index is 12.8. The number of hydrogen-bond donors (Lipinski definition) is 3. The highest BCUT2D eigenvalue weighted by atomic mass is 32.2. The van der Waals surface area contributed by atoms with Gasteiger partial charge in [-0.05, 0) is 50.7 Å². The molecule has 0 radical (unpaired) electrons. The monoisotopic (exact) mass is 431 g/mol. The Balaban J connectivity index is 1.35. The standard InChI is InChI=1S/C20H25N5O4S/c1-3-29-13-4-5-14-15(10-13)22-18(21-14)30-11-16(26)24-25-17(27)20(23-19(25)28)8-6-12(2)7-9-20/h4-5,10,12H,3,6-9,11H2,1-2H3,(H,21,22)(H,23,28)(H,24,26). The van der Waals surface area contributed by atoms with Crippen LogP contribution in [0.15, 0.2) is 23.4 Å². The van der Waals surface area contributed by atoms with Gasteiger partial charge in [0.25, 0.3) is 5.91 Å². The fourth-order valence-electron chi connectivity index (χ4n) is 3.90. The molecule has 1 aliphatic carbocycles. The lowest BCUT2D eigenvalue weighted by Gasteiger charge is -2.33. The number of imide groups is 1. The highest BCUT2D eigenvalue weighted by Crippen LogP contribution is 2.35. The third kappa shape index (κ3) is 3.96. The first kappa shape index (κ1) is 20.5. The van der Waals surface area contributed by atoms with Gasteiger partial charge in [-0.1, -0.05) is 18.7 Å². The number of ether oxygens (including phenoxy) is 1. The predicted molar refractivity (Wildman–Crippen MR) is 112 cm³/mol. The Morgan fingerprint density at radius 3 is 2.87 bits per heavy atom. The molecule has 4 rings (SSSR count). The van der Waals surface area contributed by atoms with Gasteiger partial charge in [0.15, 0.2) is 5.16 Å². The molecule has 1 aliphatic heterocycles. The summed E-state index contributed by atoms with van der Waals surface area (Å²) >= 11 is 1.20. The van der Waals surface area contributed by atoms with Crippen molar-refractivity contribution in [3.63, 3.8) is 0 Å². The summed E-state index contributed by atoms with van der Waals surface area (Å²) in [6.45, 7) is 4.63. The molecule has 0 bridgehead atoms. The molecule has 1 saturated carbocycles. The number of carbonyl (C=O) groups excluding carboxylic acids is 3. The number of carbonyl (C=O) groups is 3. The summed E-state index contributed by atoms with van der Waals surface area (Å²) in [4.78, 5) is 45.0. The third-order valence-corrected chi connectivity index (χ3v) is 6.48. The van der Waals surface area contributed by atoms with E-state index in [1.54, 1.807) is 0 Å². The number of urea groups is 1. The first-order valence-electron chi connectivity index (χ1n) is 10.1. The van der Waals surface area contributed by atoms with Crippen molar-refractivity contribution >= 4 is 40.6 Å². The maximum Gasteiger partial charge on any atom is 0.344 e. The van der Waals surface area contributed by atoms with Crippen LogP contribution in [0.5, 0.6) is 5.75 Å². The van der Waals surface area contributed by atoms with E-state index in [9.17, 15) is 14.4 Å². The van der Waals surface area contributed by atoms with Crippen molar-refractivity contribution in [1.29, 1.82) is 0 Å². The van der Waals surface area contributed by atoms with E-state index in [1.165, 1.54) is 11.8 Å². The molecule has 1 aromatic heterocycles. The number of nitrogens with zero attached hydrogens (tertiary/aromatic N) is 2. The van der Waals surface area contributed by atoms with Gasteiger partial charge >= 0.3 is 6.03 Å². The van der Waals surface area contributed by atoms with Crippen molar-refractivity contribution in [2.45, 2.75) is 50.2 Å². The first-order valence-corrected chi connectivity index (χ1v) is 11.1. The van der Waals surface area contributed by atoms with E-state index in [4.69, 9.17) is 4.74 Å². The molecule has 2 aromatic rings. The van der Waals surface area contributed by atoms with Gasteiger partial charge in [0.05, 0.1) is 23.4 Å². The topological polar surface area (TPSA) is 116 Å². The van der Waals surface area contributed by atoms with E-state index in [0.717, 1.165) is 34.6 Å². The number of fused-ring (bicyclic) bond motifs is 1. The van der Waals surface area contributed by atoms with Gasteiger partial charge in [0.2, 0.25) is 5.91 Å². The minimum Gasteiger partial charge on any atom is -0.494 e. The molecule has 0 unspecified atom stereocenters. The molecule has 2 aliphatic rings. The Labute approximate surface area is 178 Å². The number of rotatable bonds is 6. The van der Waals surface area contributed by atoms with E-state index in [0.29, 0.717) is 30.5 Å². The van der Waals surface area contributed by atoms with E-state index in [-0.39, 0.29) is 11.7 Å². The van der Waals surface area contributed by atoms with E-state index >= 15 is 0 Å². The predicted octanol–water partition coefficient (Wildman–Crippen LogP) is 2.59. The second kappa shape index (κ2) is 8.17. The number of imidazole rings is 1. The quantitative estimate of drug-likeness (QED) is 0.478. The molecule has 1 saturated heterocycles. The average Bonchev–Trinajstić information content (AvgIpc) is 3.23. The number of amides is 4. The number of hydrogen-bond acceptors (Lipinski definition) is 6.